The van der Waals surface area contributed by atoms with Gasteiger partial charge in [-0.1, -0.05) is 18.2 Å². The topological polar surface area (TPSA) is 62.7 Å². The van der Waals surface area contributed by atoms with Gasteiger partial charge in [-0.25, -0.2) is 17.6 Å². The number of H-pyrrole nitrogens is 1. The van der Waals surface area contributed by atoms with Crippen molar-refractivity contribution < 1.29 is 32.2 Å². The number of likely N-dealkylation sites (tertiary alicyclic amines) is 1. The van der Waals surface area contributed by atoms with Crippen molar-refractivity contribution >= 4 is 10.9 Å². The summed E-state index contributed by atoms with van der Waals surface area (Å²) in [5.41, 5.74) is 0.109. The lowest BCUT2D eigenvalue weighted by atomic mass is 9.77. The Bertz CT molecular complexity index is 1310. The van der Waals surface area contributed by atoms with Crippen molar-refractivity contribution in [1.82, 2.24) is 14.8 Å². The summed E-state index contributed by atoms with van der Waals surface area (Å²) in [5.74, 6) is -5.67. The van der Waals surface area contributed by atoms with Crippen LogP contribution in [0.1, 0.15) is 48.7 Å². The number of benzene rings is 2. The summed E-state index contributed by atoms with van der Waals surface area (Å²) >= 11 is 0. The molecule has 0 bridgehead atoms. The van der Waals surface area contributed by atoms with E-state index in [1.54, 1.807) is 6.92 Å². The third-order valence-corrected chi connectivity index (χ3v) is 8.46. The maximum absolute atomic E-state index is 15.9. The number of halogens is 5. The molecule has 0 radical (unpaired) electrons. The summed E-state index contributed by atoms with van der Waals surface area (Å²) in [5, 5.41) is 21.4. The minimum absolute atomic E-state index is 0.0596. The van der Waals surface area contributed by atoms with Crippen molar-refractivity contribution in [3.8, 4) is 0 Å². The first-order valence-corrected chi connectivity index (χ1v) is 13.3. The average Bonchev–Trinajstić information content (AvgIpc) is 3.22. The van der Waals surface area contributed by atoms with Crippen LogP contribution in [-0.4, -0.2) is 76.4 Å². The van der Waals surface area contributed by atoms with E-state index in [0.717, 1.165) is 28.6 Å². The van der Waals surface area contributed by atoms with Crippen LogP contribution < -0.4 is 0 Å². The normalized spacial score (nSPS) is 22.6. The summed E-state index contributed by atoms with van der Waals surface area (Å²) in [6, 6.07) is 7.84. The highest BCUT2D eigenvalue weighted by atomic mass is 19.3. The maximum atomic E-state index is 15.9. The number of aliphatic hydroxyl groups excluding tert-OH is 1. The van der Waals surface area contributed by atoms with Crippen molar-refractivity contribution in [1.29, 1.82) is 0 Å². The highest BCUT2D eigenvalue weighted by molar-refractivity contribution is 5.85. The van der Waals surface area contributed by atoms with Crippen LogP contribution in [0.2, 0.25) is 0 Å². The molecule has 2 aliphatic rings. The van der Waals surface area contributed by atoms with Gasteiger partial charge in [-0.05, 0) is 56.0 Å². The molecule has 3 heterocycles. The smallest absolute Gasteiger partial charge is 0.283 e. The van der Waals surface area contributed by atoms with Gasteiger partial charge in [-0.15, -0.1) is 0 Å². The lowest BCUT2D eigenvalue weighted by Crippen LogP contribution is -2.55. The minimum Gasteiger partial charge on any atom is -0.390 e. The summed E-state index contributed by atoms with van der Waals surface area (Å²) < 4.78 is 73.4. The molecule has 1 aromatic heterocycles. The van der Waals surface area contributed by atoms with Crippen LogP contribution in [0.3, 0.4) is 0 Å². The zero-order chi connectivity index (χ0) is 28.1. The van der Waals surface area contributed by atoms with Crippen LogP contribution in [0.4, 0.5) is 22.0 Å². The molecule has 212 valence electrons. The Kier molecular flexibility index (Phi) is 7.52. The molecule has 5 nitrogen and oxygen atoms in total. The van der Waals surface area contributed by atoms with E-state index in [1.165, 1.54) is 11.8 Å². The van der Waals surface area contributed by atoms with Crippen LogP contribution in [-0.2, 0) is 12.0 Å². The second-order valence-electron chi connectivity index (χ2n) is 11.2. The summed E-state index contributed by atoms with van der Waals surface area (Å²) in [4.78, 5) is 6.52. The van der Waals surface area contributed by atoms with Crippen LogP contribution in [0.5, 0.6) is 0 Å². The Morgan fingerprint density at radius 1 is 1.10 bits per heavy atom. The molecule has 0 aliphatic carbocycles. The molecule has 0 saturated carbocycles. The first-order valence-electron chi connectivity index (χ1n) is 13.3. The van der Waals surface area contributed by atoms with Gasteiger partial charge in [0.25, 0.3) is 5.92 Å². The van der Waals surface area contributed by atoms with Crippen molar-refractivity contribution in [3.63, 3.8) is 0 Å². The Balaban J connectivity index is 1.56. The van der Waals surface area contributed by atoms with Gasteiger partial charge in [0.1, 0.15) is 18.2 Å². The molecular formula is C29H34F5N3O2. The van der Waals surface area contributed by atoms with Crippen molar-refractivity contribution in [3.05, 3.63) is 70.4 Å². The number of rotatable bonds is 9. The van der Waals surface area contributed by atoms with Crippen LogP contribution >= 0.6 is 0 Å². The molecule has 2 aromatic carbocycles. The van der Waals surface area contributed by atoms with Gasteiger partial charge < -0.3 is 20.1 Å². The van der Waals surface area contributed by atoms with Crippen LogP contribution in [0.25, 0.3) is 10.9 Å². The van der Waals surface area contributed by atoms with Crippen LogP contribution in [0.15, 0.2) is 36.4 Å². The molecule has 3 atom stereocenters. The van der Waals surface area contributed by atoms with E-state index in [2.05, 4.69) is 4.98 Å². The summed E-state index contributed by atoms with van der Waals surface area (Å²) in [6.45, 7) is 2.01. The molecule has 10 heteroatoms. The minimum atomic E-state index is -3.48. The van der Waals surface area contributed by atoms with E-state index in [1.807, 2.05) is 29.2 Å². The van der Waals surface area contributed by atoms with Gasteiger partial charge in [0.15, 0.2) is 0 Å². The highest BCUT2D eigenvalue weighted by Gasteiger charge is 2.45. The van der Waals surface area contributed by atoms with Gasteiger partial charge >= 0.3 is 0 Å². The van der Waals surface area contributed by atoms with Gasteiger partial charge in [0, 0.05) is 53.8 Å². The molecule has 5 rings (SSSR count). The monoisotopic (exact) mass is 551 g/mol. The van der Waals surface area contributed by atoms with Crippen molar-refractivity contribution in [2.24, 2.45) is 5.92 Å². The Hall–Kier alpha value is -2.53. The van der Waals surface area contributed by atoms with Gasteiger partial charge in [0.05, 0.1) is 24.9 Å². The fourth-order valence-electron chi connectivity index (χ4n) is 6.15. The lowest BCUT2D eigenvalue weighted by molar-refractivity contribution is -0.0870. The van der Waals surface area contributed by atoms with E-state index >= 15 is 8.78 Å². The molecule has 39 heavy (non-hydrogen) atoms. The zero-order valence-electron chi connectivity index (χ0n) is 22.0. The SMILES string of the molecule is C[C@@H]1Cc2c([nH]c3ccccc23)[C@@H](c2c(F)cc([C@](C)(O)C3CN(CCCF)C3)cc2F)N1CC(F)(F)CO. The number of hydrogen-bond donors (Lipinski definition) is 3. The number of hydrogen-bond acceptors (Lipinski definition) is 4. The molecule has 3 N–H and O–H groups in total. The van der Waals surface area contributed by atoms with E-state index in [-0.39, 0.29) is 17.0 Å². The molecule has 2 aliphatic heterocycles. The summed E-state index contributed by atoms with van der Waals surface area (Å²) in [6.07, 6.45) is 0.766. The van der Waals surface area contributed by atoms with Crippen LogP contribution in [0, 0.1) is 17.6 Å². The molecule has 1 fully saturated rings. The first kappa shape index (κ1) is 28.0. The Labute approximate surface area is 224 Å². The molecule has 0 spiro atoms. The summed E-state index contributed by atoms with van der Waals surface area (Å²) in [7, 11) is 0. The van der Waals surface area contributed by atoms with E-state index < -0.39 is 55.1 Å². The van der Waals surface area contributed by atoms with Gasteiger partial charge in [-0.2, -0.15) is 0 Å². The van der Waals surface area contributed by atoms with Gasteiger partial charge in [0.2, 0.25) is 0 Å². The third kappa shape index (κ3) is 5.08. The quantitative estimate of drug-likeness (QED) is 0.331. The zero-order valence-corrected chi connectivity index (χ0v) is 22.0. The number of nitrogens with zero attached hydrogens (tertiary/aromatic N) is 2. The predicted octanol–water partition coefficient (Wildman–Crippen LogP) is 4.91. The Morgan fingerprint density at radius 3 is 2.41 bits per heavy atom. The molecular weight excluding hydrogens is 517 g/mol. The number of para-hydroxylation sites is 1. The van der Waals surface area contributed by atoms with Crippen molar-refractivity contribution in [2.45, 2.75) is 50.3 Å². The average molecular weight is 552 g/mol. The second kappa shape index (κ2) is 10.5. The number of aromatic amines is 1. The Morgan fingerprint density at radius 2 is 1.77 bits per heavy atom. The van der Waals surface area contributed by atoms with Crippen molar-refractivity contribution in [2.75, 3.05) is 39.5 Å². The predicted molar refractivity (Wildman–Crippen MR) is 138 cm³/mol. The number of alkyl halides is 3. The third-order valence-electron chi connectivity index (χ3n) is 8.46. The van der Waals surface area contributed by atoms with E-state index in [4.69, 9.17) is 0 Å². The molecule has 1 saturated heterocycles. The largest absolute Gasteiger partial charge is 0.390 e. The molecule has 0 amide bonds. The highest BCUT2D eigenvalue weighted by Crippen LogP contribution is 2.45. The number of aliphatic hydroxyl groups is 2. The van der Waals surface area contributed by atoms with Gasteiger partial charge in [-0.3, -0.25) is 9.29 Å². The second-order valence-corrected chi connectivity index (χ2v) is 11.2. The lowest BCUT2D eigenvalue weighted by Gasteiger charge is -2.47. The molecule has 3 aromatic rings. The number of aromatic nitrogens is 1. The molecule has 0 unspecified atom stereocenters. The number of fused-ring (bicyclic) bond motifs is 3. The maximum Gasteiger partial charge on any atom is 0.283 e. The number of nitrogens with one attached hydrogen (secondary N) is 1. The fourth-order valence-corrected chi connectivity index (χ4v) is 6.15. The standard InChI is InChI=1S/C29H34F5N3O2/c1-17-10-21-20-6-3-4-7-24(20)35-26(21)27(37(17)15-29(33,34)16-38)25-22(31)11-18(12-23(25)32)28(2,39)19-13-36(14-19)9-5-8-30/h3-4,6-7,11-12,17,19,27,35,38-39H,5,8-10,13-16H2,1-2H3/t17-,27-,28+/m1/s1. The fraction of sp³-hybridized carbons (Fsp3) is 0.517. The van der Waals surface area contributed by atoms with E-state index in [9.17, 15) is 23.4 Å². The first-order chi connectivity index (χ1) is 18.5. The van der Waals surface area contributed by atoms with E-state index in [0.29, 0.717) is 38.2 Å².